The highest BCUT2D eigenvalue weighted by Gasteiger charge is 2.26. The summed E-state index contributed by atoms with van der Waals surface area (Å²) in [5.41, 5.74) is 3.27. The third-order valence-electron chi connectivity index (χ3n) is 6.00. The van der Waals surface area contributed by atoms with Crippen molar-refractivity contribution in [1.29, 1.82) is 0 Å². The Kier molecular flexibility index (Phi) is 6.55. The number of piperazine rings is 1. The fourth-order valence-electron chi connectivity index (χ4n) is 4.41. The molecule has 2 heterocycles. The van der Waals surface area contributed by atoms with Crippen LogP contribution < -0.4 is 14.5 Å². The van der Waals surface area contributed by atoms with Gasteiger partial charge in [-0.3, -0.25) is 9.69 Å². The summed E-state index contributed by atoms with van der Waals surface area (Å²) in [7, 11) is 0. The van der Waals surface area contributed by atoms with Crippen LogP contribution in [0.3, 0.4) is 0 Å². The van der Waals surface area contributed by atoms with E-state index in [1.54, 1.807) is 0 Å². The van der Waals surface area contributed by atoms with Gasteiger partial charge in [0.05, 0.1) is 5.69 Å². The number of fused-ring (bicyclic) bond motifs is 1. The van der Waals surface area contributed by atoms with Gasteiger partial charge >= 0.3 is 0 Å². The number of hydrogen-bond donors (Lipinski definition) is 1. The fraction of sp³-hybridized carbons (Fsp3) is 0.458. The van der Waals surface area contributed by atoms with Gasteiger partial charge in [0.15, 0.2) is 0 Å². The van der Waals surface area contributed by atoms with E-state index in [9.17, 15) is 9.90 Å². The molecular weight excluding hydrogens is 378 g/mol. The highest BCUT2D eigenvalue weighted by Crippen LogP contribution is 2.34. The number of benzene rings is 2. The maximum absolute atomic E-state index is 12.1. The summed E-state index contributed by atoms with van der Waals surface area (Å²) in [5.74, 6) is 0.947. The number of rotatable bonds is 7. The van der Waals surface area contributed by atoms with Crippen LogP contribution in [0.15, 0.2) is 48.5 Å². The van der Waals surface area contributed by atoms with Crippen LogP contribution in [-0.2, 0) is 11.2 Å². The molecule has 1 amide bonds. The molecule has 4 rings (SSSR count). The molecule has 1 saturated heterocycles. The number of aliphatic hydroxyl groups is 1. The van der Waals surface area contributed by atoms with E-state index in [0.29, 0.717) is 25.9 Å². The average Bonchev–Trinajstić information content (AvgIpc) is 2.78. The zero-order chi connectivity index (χ0) is 20.9. The molecule has 1 fully saturated rings. The summed E-state index contributed by atoms with van der Waals surface area (Å²) in [6.45, 7) is 7.30. The number of β-amino-alcohol motifs (C(OH)–C–C–N with tert-alkyl or cyclic N) is 1. The monoisotopic (exact) mass is 409 g/mol. The van der Waals surface area contributed by atoms with E-state index >= 15 is 0 Å². The molecule has 0 aliphatic carbocycles. The van der Waals surface area contributed by atoms with Crippen LogP contribution >= 0.6 is 0 Å². The topological polar surface area (TPSA) is 56.3 Å². The number of aliphatic hydroxyl groups excluding tert-OH is 1. The Labute approximate surface area is 178 Å². The lowest BCUT2D eigenvalue weighted by Gasteiger charge is -2.37. The Morgan fingerprint density at radius 2 is 1.77 bits per heavy atom. The van der Waals surface area contributed by atoms with E-state index < -0.39 is 6.10 Å². The molecule has 0 spiro atoms. The predicted octanol–water partition coefficient (Wildman–Crippen LogP) is 2.55. The van der Waals surface area contributed by atoms with Gasteiger partial charge in [0.2, 0.25) is 5.91 Å². The third kappa shape index (κ3) is 4.60. The maximum atomic E-state index is 12.1. The lowest BCUT2D eigenvalue weighted by atomic mass is 10.00. The number of hydrogen-bond acceptors (Lipinski definition) is 5. The highest BCUT2D eigenvalue weighted by atomic mass is 16.5. The quantitative estimate of drug-likeness (QED) is 0.762. The molecule has 1 atom stereocenters. The molecule has 2 aliphatic rings. The number of amides is 1. The van der Waals surface area contributed by atoms with Crippen LogP contribution in [0.5, 0.6) is 5.75 Å². The van der Waals surface area contributed by atoms with E-state index in [4.69, 9.17) is 4.74 Å². The van der Waals surface area contributed by atoms with Crippen molar-refractivity contribution in [2.24, 2.45) is 0 Å². The molecule has 1 N–H and O–H groups in total. The zero-order valence-corrected chi connectivity index (χ0v) is 17.7. The Morgan fingerprint density at radius 3 is 2.50 bits per heavy atom. The van der Waals surface area contributed by atoms with Crippen LogP contribution in [0.2, 0.25) is 0 Å². The zero-order valence-electron chi connectivity index (χ0n) is 17.7. The van der Waals surface area contributed by atoms with Gasteiger partial charge in [-0.05, 0) is 37.6 Å². The Bertz CT molecular complexity index is 850. The maximum Gasteiger partial charge on any atom is 0.227 e. The second-order valence-corrected chi connectivity index (χ2v) is 7.98. The van der Waals surface area contributed by atoms with E-state index in [1.165, 1.54) is 5.69 Å². The highest BCUT2D eigenvalue weighted by molar-refractivity contribution is 5.96. The number of nitrogens with zero attached hydrogens (tertiary/aromatic N) is 3. The summed E-state index contributed by atoms with van der Waals surface area (Å²) in [6, 6.07) is 16.3. The number of carbonyl (C=O) groups excluding carboxylic acids is 1. The molecule has 6 nitrogen and oxygen atoms in total. The predicted molar refractivity (Wildman–Crippen MR) is 119 cm³/mol. The largest absolute Gasteiger partial charge is 0.490 e. The first-order chi connectivity index (χ1) is 14.7. The summed E-state index contributed by atoms with van der Waals surface area (Å²) in [6.07, 6.45) is 0.657. The van der Waals surface area contributed by atoms with E-state index in [0.717, 1.165) is 43.2 Å². The number of ether oxygens (including phenoxy) is 1. The summed E-state index contributed by atoms with van der Waals surface area (Å²) in [4.78, 5) is 18.6. The average molecular weight is 410 g/mol. The molecule has 2 aliphatic heterocycles. The second-order valence-electron chi connectivity index (χ2n) is 7.98. The minimum Gasteiger partial charge on any atom is -0.490 e. The van der Waals surface area contributed by atoms with Crippen molar-refractivity contribution >= 4 is 17.3 Å². The first kappa shape index (κ1) is 20.7. The van der Waals surface area contributed by atoms with Gasteiger partial charge in [-0.1, -0.05) is 24.3 Å². The second kappa shape index (κ2) is 9.49. The molecule has 30 heavy (non-hydrogen) atoms. The molecule has 2 aromatic rings. The Morgan fingerprint density at radius 1 is 1.00 bits per heavy atom. The molecular formula is C24H31N3O3. The van der Waals surface area contributed by atoms with Crippen LogP contribution in [0.4, 0.5) is 11.4 Å². The third-order valence-corrected chi connectivity index (χ3v) is 6.00. The van der Waals surface area contributed by atoms with Crippen LogP contribution in [0.1, 0.15) is 18.9 Å². The van der Waals surface area contributed by atoms with Gasteiger partial charge in [0.25, 0.3) is 0 Å². The van der Waals surface area contributed by atoms with Crippen molar-refractivity contribution < 1.29 is 14.6 Å². The van der Waals surface area contributed by atoms with Gasteiger partial charge in [0, 0.05) is 56.9 Å². The van der Waals surface area contributed by atoms with Gasteiger partial charge in [-0.2, -0.15) is 0 Å². The molecule has 0 aromatic heterocycles. The van der Waals surface area contributed by atoms with Crippen molar-refractivity contribution in [3.05, 3.63) is 54.1 Å². The fourth-order valence-corrected chi connectivity index (χ4v) is 4.41. The van der Waals surface area contributed by atoms with E-state index in [-0.39, 0.29) is 12.5 Å². The number of carbonyl (C=O) groups is 1. The lowest BCUT2D eigenvalue weighted by Crippen LogP contribution is -2.49. The van der Waals surface area contributed by atoms with Gasteiger partial charge < -0.3 is 19.6 Å². The Hall–Kier alpha value is -2.57. The van der Waals surface area contributed by atoms with Crippen LogP contribution in [-0.4, -0.2) is 67.9 Å². The standard InChI is InChI=1S/C24H31N3O3/c1-2-27-22-9-6-10-23(21(22)11-12-24(27)29)30-18-20(28)17-25-13-15-26(16-14-25)19-7-4-3-5-8-19/h3-10,20,28H,2,11-18H2,1H3. The van der Waals surface area contributed by atoms with Crippen LogP contribution in [0, 0.1) is 0 Å². The van der Waals surface area contributed by atoms with Crippen LogP contribution in [0.25, 0.3) is 0 Å². The van der Waals surface area contributed by atoms with Crippen molar-refractivity contribution in [3.63, 3.8) is 0 Å². The number of anilines is 2. The van der Waals surface area contributed by atoms with Crippen molar-refractivity contribution in [2.45, 2.75) is 25.9 Å². The molecule has 0 saturated carbocycles. The Balaban J connectivity index is 1.28. The molecule has 1 unspecified atom stereocenters. The van der Waals surface area contributed by atoms with Crippen molar-refractivity contribution in [2.75, 3.05) is 55.7 Å². The molecule has 6 heteroatoms. The van der Waals surface area contributed by atoms with Crippen molar-refractivity contribution in [1.82, 2.24) is 4.90 Å². The van der Waals surface area contributed by atoms with E-state index in [2.05, 4.69) is 34.1 Å². The molecule has 160 valence electrons. The molecule has 2 aromatic carbocycles. The molecule has 0 radical (unpaired) electrons. The summed E-state index contributed by atoms with van der Waals surface area (Å²) in [5, 5.41) is 10.5. The van der Waals surface area contributed by atoms with E-state index in [1.807, 2.05) is 36.1 Å². The van der Waals surface area contributed by atoms with Gasteiger partial charge in [-0.25, -0.2) is 0 Å². The minimum atomic E-state index is -0.545. The minimum absolute atomic E-state index is 0.164. The summed E-state index contributed by atoms with van der Waals surface area (Å²) >= 11 is 0. The van der Waals surface area contributed by atoms with Gasteiger partial charge in [-0.15, -0.1) is 0 Å². The smallest absolute Gasteiger partial charge is 0.227 e. The van der Waals surface area contributed by atoms with Gasteiger partial charge in [0.1, 0.15) is 18.5 Å². The summed E-state index contributed by atoms with van der Waals surface area (Å²) < 4.78 is 6.00. The lowest BCUT2D eigenvalue weighted by molar-refractivity contribution is -0.118. The normalized spacial score (nSPS) is 18.3. The van der Waals surface area contributed by atoms with Crippen molar-refractivity contribution in [3.8, 4) is 5.75 Å². The first-order valence-corrected chi connectivity index (χ1v) is 10.9. The SMILES string of the molecule is CCN1C(=O)CCc2c(OCC(O)CN3CCN(c4ccccc4)CC3)cccc21. The molecule has 0 bridgehead atoms. The first-order valence-electron chi connectivity index (χ1n) is 10.9. The number of para-hydroxylation sites is 1.